The van der Waals surface area contributed by atoms with E-state index >= 15 is 0 Å². The number of carbonyl (C=O) groups excluding carboxylic acids is 1. The van der Waals surface area contributed by atoms with Gasteiger partial charge in [-0.2, -0.15) is 0 Å². The Bertz CT molecular complexity index is 393. The van der Waals surface area contributed by atoms with E-state index in [-0.39, 0.29) is 19.0 Å². The number of urea groups is 1. The third kappa shape index (κ3) is 7.85. The molecule has 0 aromatic carbocycles. The highest BCUT2D eigenvalue weighted by Crippen LogP contribution is 2.00. The van der Waals surface area contributed by atoms with Gasteiger partial charge in [-0.3, -0.25) is 0 Å². The van der Waals surface area contributed by atoms with Gasteiger partial charge in [-0.05, 0) is 5.92 Å². The third-order valence-electron chi connectivity index (χ3n) is 1.99. The highest BCUT2D eigenvalue weighted by molar-refractivity contribution is 7.88. The van der Waals surface area contributed by atoms with Crippen molar-refractivity contribution in [2.45, 2.75) is 19.9 Å². The summed E-state index contributed by atoms with van der Waals surface area (Å²) in [7, 11) is -3.29. The molecule has 0 aromatic rings. The minimum absolute atomic E-state index is 0.0473. The number of hydrogen-bond donors (Lipinski definition) is 4. The molecule has 1 atom stereocenters. The lowest BCUT2D eigenvalue weighted by molar-refractivity contribution is -0.140. The van der Waals surface area contributed by atoms with E-state index in [9.17, 15) is 18.0 Å². The van der Waals surface area contributed by atoms with Crippen LogP contribution in [0.3, 0.4) is 0 Å². The van der Waals surface area contributed by atoms with Gasteiger partial charge in [0.15, 0.2) is 0 Å². The van der Waals surface area contributed by atoms with Gasteiger partial charge >= 0.3 is 12.0 Å². The summed E-state index contributed by atoms with van der Waals surface area (Å²) in [5.74, 6) is -1.36. The second-order valence-electron chi connectivity index (χ2n) is 4.13. The normalized spacial score (nSPS) is 13.1. The van der Waals surface area contributed by atoms with Crippen molar-refractivity contribution in [3.63, 3.8) is 0 Å². The molecule has 0 spiro atoms. The van der Waals surface area contributed by atoms with Crippen LogP contribution in [0, 0.1) is 5.92 Å². The highest BCUT2D eigenvalue weighted by atomic mass is 32.2. The average Bonchev–Trinajstić information content (AvgIpc) is 2.18. The van der Waals surface area contributed by atoms with Crippen molar-refractivity contribution >= 4 is 22.0 Å². The van der Waals surface area contributed by atoms with Crippen molar-refractivity contribution in [3.05, 3.63) is 0 Å². The SMILES string of the molecule is CC(C)[C@@H](NC(=O)NCCNS(C)(=O)=O)C(=O)O. The summed E-state index contributed by atoms with van der Waals surface area (Å²) in [6, 6.07) is -1.63. The maximum Gasteiger partial charge on any atom is 0.326 e. The second kappa shape index (κ2) is 7.17. The molecule has 9 heteroatoms. The van der Waals surface area contributed by atoms with Crippen LogP contribution in [-0.2, 0) is 14.8 Å². The van der Waals surface area contributed by atoms with Gasteiger partial charge in [0.25, 0.3) is 0 Å². The summed E-state index contributed by atoms with van der Waals surface area (Å²) < 4.78 is 23.6. The summed E-state index contributed by atoms with van der Waals surface area (Å²) in [4.78, 5) is 22.1. The number of amides is 2. The average molecular weight is 281 g/mol. The summed E-state index contributed by atoms with van der Waals surface area (Å²) in [6.07, 6.45) is 1.01. The summed E-state index contributed by atoms with van der Waals surface area (Å²) in [5, 5.41) is 13.5. The Morgan fingerprint density at radius 2 is 1.78 bits per heavy atom. The fraction of sp³-hybridized carbons (Fsp3) is 0.778. The molecule has 0 bridgehead atoms. The molecule has 0 aliphatic carbocycles. The Kier molecular flexibility index (Phi) is 6.63. The minimum Gasteiger partial charge on any atom is -0.480 e. The first-order valence-corrected chi connectivity index (χ1v) is 7.24. The molecule has 0 aliphatic heterocycles. The van der Waals surface area contributed by atoms with Crippen LogP contribution < -0.4 is 15.4 Å². The molecular formula is C9H19N3O5S. The van der Waals surface area contributed by atoms with E-state index in [0.29, 0.717) is 0 Å². The summed E-state index contributed by atoms with van der Waals surface area (Å²) >= 11 is 0. The van der Waals surface area contributed by atoms with Crippen molar-refractivity contribution in [3.8, 4) is 0 Å². The number of nitrogens with one attached hydrogen (secondary N) is 3. The van der Waals surface area contributed by atoms with Crippen LogP contribution in [0.5, 0.6) is 0 Å². The molecular weight excluding hydrogens is 262 g/mol. The first-order chi connectivity index (χ1) is 8.13. The third-order valence-corrected chi connectivity index (χ3v) is 2.72. The van der Waals surface area contributed by atoms with Gasteiger partial charge in [-0.25, -0.2) is 22.7 Å². The molecule has 0 aliphatic rings. The van der Waals surface area contributed by atoms with Crippen LogP contribution in [0.1, 0.15) is 13.8 Å². The van der Waals surface area contributed by atoms with Crippen molar-refractivity contribution < 1.29 is 23.1 Å². The number of hydrogen-bond acceptors (Lipinski definition) is 4. The topological polar surface area (TPSA) is 125 Å². The van der Waals surface area contributed by atoms with Crippen molar-refractivity contribution in [1.29, 1.82) is 0 Å². The smallest absolute Gasteiger partial charge is 0.326 e. The number of rotatable bonds is 7. The fourth-order valence-corrected chi connectivity index (χ4v) is 1.59. The van der Waals surface area contributed by atoms with Crippen molar-refractivity contribution in [2.24, 2.45) is 5.92 Å². The van der Waals surface area contributed by atoms with Gasteiger partial charge in [0, 0.05) is 13.1 Å². The molecule has 0 saturated carbocycles. The van der Waals surface area contributed by atoms with E-state index in [1.807, 2.05) is 0 Å². The molecule has 8 nitrogen and oxygen atoms in total. The lowest BCUT2D eigenvalue weighted by Gasteiger charge is -2.18. The van der Waals surface area contributed by atoms with Gasteiger partial charge in [-0.1, -0.05) is 13.8 Å². The Labute approximate surface area is 106 Å². The monoisotopic (exact) mass is 281 g/mol. The first kappa shape index (κ1) is 16.6. The van der Waals surface area contributed by atoms with Crippen LogP contribution in [0.4, 0.5) is 4.79 Å². The number of aliphatic carboxylic acids is 1. The Morgan fingerprint density at radius 3 is 2.17 bits per heavy atom. The Balaban J connectivity index is 4.00. The molecule has 0 fully saturated rings. The Hall–Kier alpha value is -1.35. The highest BCUT2D eigenvalue weighted by Gasteiger charge is 2.22. The summed E-state index contributed by atoms with van der Waals surface area (Å²) in [6.45, 7) is 3.46. The number of sulfonamides is 1. The Morgan fingerprint density at radius 1 is 1.22 bits per heavy atom. The standard InChI is InChI=1S/C9H19N3O5S/c1-6(2)7(8(13)14)12-9(15)10-4-5-11-18(3,16)17/h6-7,11H,4-5H2,1-3H3,(H,13,14)(H2,10,12,15)/t7-/m1/s1. The molecule has 0 unspecified atom stereocenters. The van der Waals surface area contributed by atoms with Gasteiger partial charge in [0.05, 0.1) is 6.26 Å². The molecule has 106 valence electrons. The van der Waals surface area contributed by atoms with Gasteiger partial charge in [-0.15, -0.1) is 0 Å². The largest absolute Gasteiger partial charge is 0.480 e. The zero-order valence-corrected chi connectivity index (χ0v) is 11.4. The van der Waals surface area contributed by atoms with Crippen LogP contribution in [0.15, 0.2) is 0 Å². The number of carboxylic acid groups (broad SMARTS) is 1. The predicted octanol–water partition coefficient (Wildman–Crippen LogP) is -1.06. The van der Waals surface area contributed by atoms with Gasteiger partial charge < -0.3 is 15.7 Å². The molecule has 18 heavy (non-hydrogen) atoms. The molecule has 2 amide bonds. The number of carboxylic acids is 1. The lowest BCUT2D eigenvalue weighted by atomic mass is 10.1. The maximum absolute atomic E-state index is 11.3. The zero-order chi connectivity index (χ0) is 14.3. The fourth-order valence-electron chi connectivity index (χ4n) is 1.12. The van der Waals surface area contributed by atoms with Gasteiger partial charge in [0.2, 0.25) is 10.0 Å². The van der Waals surface area contributed by atoms with Crippen LogP contribution in [0.25, 0.3) is 0 Å². The zero-order valence-electron chi connectivity index (χ0n) is 10.6. The van der Waals surface area contributed by atoms with Crippen LogP contribution in [-0.4, -0.2) is 50.9 Å². The van der Waals surface area contributed by atoms with Crippen molar-refractivity contribution in [1.82, 2.24) is 15.4 Å². The first-order valence-electron chi connectivity index (χ1n) is 5.35. The van der Waals surface area contributed by atoms with E-state index in [2.05, 4.69) is 15.4 Å². The van der Waals surface area contributed by atoms with Crippen LogP contribution >= 0.6 is 0 Å². The van der Waals surface area contributed by atoms with E-state index in [1.54, 1.807) is 13.8 Å². The maximum atomic E-state index is 11.3. The molecule has 0 radical (unpaired) electrons. The quantitative estimate of drug-likeness (QED) is 0.443. The van der Waals surface area contributed by atoms with E-state index < -0.39 is 28.1 Å². The second-order valence-corrected chi connectivity index (χ2v) is 5.96. The van der Waals surface area contributed by atoms with Crippen LogP contribution in [0.2, 0.25) is 0 Å². The number of carbonyl (C=O) groups is 2. The summed E-state index contributed by atoms with van der Waals surface area (Å²) in [5.41, 5.74) is 0. The minimum atomic E-state index is -3.29. The van der Waals surface area contributed by atoms with E-state index in [4.69, 9.17) is 5.11 Å². The van der Waals surface area contributed by atoms with E-state index in [0.717, 1.165) is 6.26 Å². The molecule has 0 saturated heterocycles. The molecule has 0 heterocycles. The predicted molar refractivity (Wildman–Crippen MR) is 65.6 cm³/mol. The van der Waals surface area contributed by atoms with Gasteiger partial charge in [0.1, 0.15) is 6.04 Å². The molecule has 4 N–H and O–H groups in total. The lowest BCUT2D eigenvalue weighted by Crippen LogP contribution is -2.49. The molecule has 0 rings (SSSR count). The molecule has 0 aromatic heterocycles. The van der Waals surface area contributed by atoms with E-state index in [1.165, 1.54) is 0 Å². The van der Waals surface area contributed by atoms with Crippen molar-refractivity contribution in [2.75, 3.05) is 19.3 Å².